The van der Waals surface area contributed by atoms with E-state index in [2.05, 4.69) is 4.98 Å². The minimum Gasteiger partial charge on any atom is -0.508 e. The third-order valence-electron chi connectivity index (χ3n) is 6.88. The lowest BCUT2D eigenvalue weighted by molar-refractivity contribution is 0.287. The fourth-order valence-corrected chi connectivity index (χ4v) is 5.01. The number of aromatic hydroxyl groups is 1. The van der Waals surface area contributed by atoms with Gasteiger partial charge in [-0.25, -0.2) is 4.98 Å². The van der Waals surface area contributed by atoms with E-state index in [9.17, 15) is 10.5 Å². The normalized spacial score (nSPS) is 13.6. The highest BCUT2D eigenvalue weighted by atomic mass is 16.5. The third-order valence-corrected chi connectivity index (χ3v) is 6.88. The van der Waals surface area contributed by atoms with Gasteiger partial charge in [-0.1, -0.05) is 18.2 Å². The summed E-state index contributed by atoms with van der Waals surface area (Å²) in [6.07, 6.45) is 2.29. The van der Waals surface area contributed by atoms with Crippen LogP contribution in [0.4, 0.5) is 0 Å². The van der Waals surface area contributed by atoms with Gasteiger partial charge in [-0.05, 0) is 61.7 Å². The minimum atomic E-state index is -0.373. The molecule has 1 unspecified atom stereocenters. The van der Waals surface area contributed by atoms with Crippen molar-refractivity contribution in [3.63, 3.8) is 0 Å². The topological polar surface area (TPSA) is 108 Å². The molecule has 0 aliphatic carbocycles. The lowest BCUT2D eigenvalue weighted by atomic mass is 9.83. The lowest BCUT2D eigenvalue weighted by Gasteiger charge is -2.29. The first-order chi connectivity index (χ1) is 19.5. The number of hydrogen-bond donors (Lipinski definition) is 2. The van der Waals surface area contributed by atoms with Crippen LogP contribution in [0.25, 0.3) is 0 Å². The number of aryl methyl sites for hydroxylation is 2. The van der Waals surface area contributed by atoms with Gasteiger partial charge in [0.1, 0.15) is 23.3 Å². The van der Waals surface area contributed by atoms with E-state index >= 15 is 0 Å². The number of methoxy groups -OCH3 is 2. The van der Waals surface area contributed by atoms with Crippen LogP contribution in [0.3, 0.4) is 0 Å². The zero-order valence-corrected chi connectivity index (χ0v) is 23.1. The van der Waals surface area contributed by atoms with Crippen LogP contribution >= 0.6 is 0 Å². The van der Waals surface area contributed by atoms with Gasteiger partial charge in [-0.15, -0.1) is 0 Å². The van der Waals surface area contributed by atoms with Crippen LogP contribution in [0.5, 0.6) is 40.4 Å². The maximum atomic E-state index is 10.1. The Labute approximate surface area is 233 Å². The molecule has 0 amide bonds. The third kappa shape index (κ3) is 5.14. The molecule has 0 bridgehead atoms. The van der Waals surface area contributed by atoms with Gasteiger partial charge in [-0.2, -0.15) is 0 Å². The number of rotatable bonds is 10. The van der Waals surface area contributed by atoms with Crippen molar-refractivity contribution in [1.82, 2.24) is 9.55 Å². The van der Waals surface area contributed by atoms with Gasteiger partial charge >= 0.3 is 0 Å². The Morgan fingerprint density at radius 3 is 2.40 bits per heavy atom. The number of hydrogen-bond acceptors (Lipinski definition) is 8. The average Bonchev–Trinajstić information content (AvgIpc) is 2.96. The molecule has 0 spiro atoms. The Bertz CT molecular complexity index is 1580. The summed E-state index contributed by atoms with van der Waals surface area (Å²) in [7, 11) is 3.19. The molecule has 0 radical (unpaired) electrons. The highest BCUT2D eigenvalue weighted by Gasteiger charge is 2.33. The fraction of sp³-hybridized carbons (Fsp3) is 0.290. The molecule has 9 heteroatoms. The first-order valence-electron chi connectivity index (χ1n) is 13.2. The van der Waals surface area contributed by atoms with E-state index in [-0.39, 0.29) is 11.7 Å². The lowest BCUT2D eigenvalue weighted by Crippen LogP contribution is -2.30. The summed E-state index contributed by atoms with van der Waals surface area (Å²) < 4.78 is 30.4. The largest absolute Gasteiger partial charge is 0.508 e. The van der Waals surface area contributed by atoms with E-state index in [1.807, 2.05) is 60.9 Å². The van der Waals surface area contributed by atoms with Crippen molar-refractivity contribution in [1.29, 1.82) is 5.41 Å². The summed E-state index contributed by atoms with van der Waals surface area (Å²) in [5.74, 6) is 3.17. The van der Waals surface area contributed by atoms with Crippen LogP contribution in [0.15, 0.2) is 60.9 Å². The molecule has 3 aromatic carbocycles. The molecule has 208 valence electrons. The van der Waals surface area contributed by atoms with E-state index in [0.717, 1.165) is 22.4 Å². The second-order valence-corrected chi connectivity index (χ2v) is 9.27. The molecule has 2 heterocycles. The Balaban J connectivity index is 1.54. The van der Waals surface area contributed by atoms with Crippen molar-refractivity contribution in [3.05, 3.63) is 88.7 Å². The van der Waals surface area contributed by atoms with Gasteiger partial charge in [0, 0.05) is 24.1 Å². The fourth-order valence-electron chi connectivity index (χ4n) is 5.01. The summed E-state index contributed by atoms with van der Waals surface area (Å²) in [5.41, 5.74) is 3.69. The first-order valence-corrected chi connectivity index (χ1v) is 13.2. The average molecular weight is 544 g/mol. The molecule has 0 saturated heterocycles. The second kappa shape index (κ2) is 11.6. The number of fused-ring (bicyclic) bond motifs is 2. The van der Waals surface area contributed by atoms with E-state index in [0.29, 0.717) is 66.1 Å². The molecular weight excluding hydrogens is 510 g/mol. The summed E-state index contributed by atoms with van der Waals surface area (Å²) in [5, 5.41) is 19.3. The number of phenols is 1. The summed E-state index contributed by atoms with van der Waals surface area (Å²) in [4.78, 5) is 4.60. The van der Waals surface area contributed by atoms with Crippen LogP contribution in [-0.2, 0) is 13.0 Å². The van der Waals surface area contributed by atoms with E-state index in [1.54, 1.807) is 32.7 Å². The molecule has 40 heavy (non-hydrogen) atoms. The molecule has 1 atom stereocenters. The Morgan fingerprint density at radius 1 is 0.900 bits per heavy atom. The van der Waals surface area contributed by atoms with E-state index < -0.39 is 0 Å². The number of ether oxygens (including phenoxy) is 5. The maximum Gasteiger partial charge on any atom is 0.228 e. The van der Waals surface area contributed by atoms with Gasteiger partial charge in [-0.3, -0.25) is 5.41 Å². The van der Waals surface area contributed by atoms with Crippen LogP contribution in [0.2, 0.25) is 0 Å². The van der Waals surface area contributed by atoms with Crippen molar-refractivity contribution in [2.24, 2.45) is 0 Å². The molecule has 0 saturated carbocycles. The molecule has 2 N–H and O–H groups in total. The summed E-state index contributed by atoms with van der Waals surface area (Å²) >= 11 is 0. The molecule has 1 aliphatic rings. The van der Waals surface area contributed by atoms with Crippen LogP contribution in [-0.4, -0.2) is 42.1 Å². The van der Waals surface area contributed by atoms with Gasteiger partial charge in [0.25, 0.3) is 0 Å². The van der Waals surface area contributed by atoms with Crippen LogP contribution in [0.1, 0.15) is 42.0 Å². The number of phenolic OH excluding ortho intramolecular Hbond substituents is 1. The van der Waals surface area contributed by atoms with Crippen molar-refractivity contribution in [2.45, 2.75) is 32.7 Å². The molecule has 1 aliphatic heterocycles. The van der Waals surface area contributed by atoms with Gasteiger partial charge in [0.15, 0.2) is 23.0 Å². The second-order valence-electron chi connectivity index (χ2n) is 9.27. The quantitative estimate of drug-likeness (QED) is 0.242. The standard InChI is InChI=1S/C31H33N3O6/c1-5-38-24-11-7-19(15-27(24)39-6-2)13-14-34-18-33-31-29(30(34)32)28(22-10-9-21(35)17-25(22)40-31)20-8-12-23(36-3)26(16-20)37-4/h7-12,15-18,28,32,35H,5-6,13-14H2,1-4H3. The highest BCUT2D eigenvalue weighted by molar-refractivity contribution is 5.59. The Kier molecular flexibility index (Phi) is 7.82. The van der Waals surface area contributed by atoms with Gasteiger partial charge in [0.05, 0.1) is 33.0 Å². The number of nitrogens with zero attached hydrogens (tertiary/aromatic N) is 2. The van der Waals surface area contributed by atoms with Crippen molar-refractivity contribution >= 4 is 0 Å². The minimum absolute atomic E-state index is 0.0899. The first kappa shape index (κ1) is 26.9. The Morgan fingerprint density at radius 2 is 1.65 bits per heavy atom. The smallest absolute Gasteiger partial charge is 0.228 e. The number of benzene rings is 3. The predicted molar refractivity (Wildman–Crippen MR) is 149 cm³/mol. The van der Waals surface area contributed by atoms with E-state index in [4.69, 9.17) is 23.7 Å². The molecule has 1 aromatic heterocycles. The Hall–Kier alpha value is -4.66. The zero-order valence-electron chi connectivity index (χ0n) is 23.1. The van der Waals surface area contributed by atoms with Crippen molar-refractivity contribution < 1.29 is 28.8 Å². The van der Waals surface area contributed by atoms with Crippen LogP contribution in [0, 0.1) is 5.41 Å². The van der Waals surface area contributed by atoms with Gasteiger partial charge < -0.3 is 33.4 Å². The van der Waals surface area contributed by atoms with Crippen LogP contribution < -0.4 is 29.2 Å². The SMILES string of the molecule is CCOc1ccc(CCn2cnc3c(c2=N)C(c2ccc(OC)c(OC)c2)c2ccc(O)cc2O3)cc1OCC. The molecule has 0 fully saturated rings. The monoisotopic (exact) mass is 543 g/mol. The number of aromatic nitrogens is 2. The van der Waals surface area contributed by atoms with E-state index in [1.165, 1.54) is 0 Å². The summed E-state index contributed by atoms with van der Waals surface area (Å²) in [6, 6.07) is 16.6. The highest BCUT2D eigenvalue weighted by Crippen LogP contribution is 2.47. The molecule has 9 nitrogen and oxygen atoms in total. The molecule has 4 aromatic rings. The number of nitrogens with one attached hydrogen (secondary N) is 1. The molecule has 5 rings (SSSR count). The van der Waals surface area contributed by atoms with Gasteiger partial charge in [0.2, 0.25) is 5.88 Å². The zero-order chi connectivity index (χ0) is 28.2. The summed E-state index contributed by atoms with van der Waals surface area (Å²) in [6.45, 7) is 5.52. The maximum absolute atomic E-state index is 10.1. The molecular formula is C31H33N3O6. The van der Waals surface area contributed by atoms with Crippen molar-refractivity contribution in [3.8, 4) is 40.4 Å². The predicted octanol–water partition coefficient (Wildman–Crippen LogP) is 5.41. The van der Waals surface area contributed by atoms with Crippen molar-refractivity contribution in [2.75, 3.05) is 27.4 Å².